The summed E-state index contributed by atoms with van der Waals surface area (Å²) < 4.78 is 0. The van der Waals surface area contributed by atoms with E-state index in [4.69, 9.17) is 0 Å². The van der Waals surface area contributed by atoms with E-state index in [1.54, 1.807) is 0 Å². The number of aliphatic hydroxyl groups excluding tert-OH is 5. The molecule has 0 fully saturated rings. The Hall–Kier alpha value is -1.19. The molecule has 8 nitrogen and oxygen atoms in total. The minimum Gasteiger partial charge on any atom is -0.387 e. The molecule has 200 valence electrons. The largest absolute Gasteiger partial charge is 0.387 e. The highest BCUT2D eigenvalue weighted by Gasteiger charge is 2.40. The van der Waals surface area contributed by atoms with Crippen molar-refractivity contribution in [2.24, 2.45) is 0 Å². The van der Waals surface area contributed by atoms with Gasteiger partial charge in [0.15, 0.2) is 23.5 Å². The van der Waals surface area contributed by atoms with Crippen molar-refractivity contribution in [3.05, 3.63) is 0 Å². The molecule has 0 aromatic rings. The average Bonchev–Trinajstić information content (AvgIpc) is 2.84. The Morgan fingerprint density at radius 2 is 0.853 bits per heavy atom. The van der Waals surface area contributed by atoms with Gasteiger partial charge in [0.2, 0.25) is 0 Å². The van der Waals surface area contributed by atoms with Gasteiger partial charge in [-0.3, -0.25) is 14.4 Å². The second-order valence-corrected chi connectivity index (χ2v) is 9.35. The van der Waals surface area contributed by atoms with E-state index in [2.05, 4.69) is 13.8 Å². The molecule has 0 bridgehead atoms. The van der Waals surface area contributed by atoms with Crippen molar-refractivity contribution in [2.45, 2.75) is 147 Å². The lowest BCUT2D eigenvalue weighted by Crippen LogP contribution is -2.53. The summed E-state index contributed by atoms with van der Waals surface area (Å²) in [5, 5.41) is 50.1. The number of hydrogen-bond acceptors (Lipinski definition) is 8. The van der Waals surface area contributed by atoms with Crippen LogP contribution in [0.5, 0.6) is 0 Å². The van der Waals surface area contributed by atoms with E-state index in [1.807, 2.05) is 0 Å². The SMILES string of the molecule is CCCCCCCCCC(=O)C(O)C(=O)[C@H](O)[C@H](O)[C@H](O)C(O)C(=O)CCCCCCCCC. The summed E-state index contributed by atoms with van der Waals surface area (Å²) in [5.74, 6) is -2.82. The fraction of sp³-hybridized carbons (Fsp3) is 0.885. The standard InChI is InChI=1S/C26H48O8/c1-3-5-7-9-11-13-15-17-19(27)21(29)23(31)25(33)26(34)24(32)22(30)20(28)18-16-14-12-10-8-6-4-2/h21-23,25-26,29-31,33-34H,3-18H2,1-2H3/t21?,22?,23-,25-,26+/m1/s1. The fourth-order valence-electron chi connectivity index (χ4n) is 3.85. The van der Waals surface area contributed by atoms with E-state index >= 15 is 0 Å². The van der Waals surface area contributed by atoms with E-state index in [9.17, 15) is 39.9 Å². The van der Waals surface area contributed by atoms with E-state index in [1.165, 1.54) is 6.42 Å². The Labute approximate surface area is 204 Å². The molecule has 0 spiro atoms. The Morgan fingerprint density at radius 1 is 0.500 bits per heavy atom. The van der Waals surface area contributed by atoms with Crippen molar-refractivity contribution in [1.82, 2.24) is 0 Å². The third-order valence-corrected chi connectivity index (χ3v) is 6.25. The van der Waals surface area contributed by atoms with Crippen LogP contribution in [0.4, 0.5) is 0 Å². The van der Waals surface area contributed by atoms with Gasteiger partial charge in [-0.2, -0.15) is 0 Å². The zero-order valence-electron chi connectivity index (χ0n) is 21.2. The normalized spacial score (nSPS) is 16.0. The number of hydrogen-bond donors (Lipinski definition) is 5. The number of carbonyl (C=O) groups is 3. The number of aliphatic hydroxyl groups is 5. The van der Waals surface area contributed by atoms with Crippen LogP contribution in [0.25, 0.3) is 0 Å². The zero-order chi connectivity index (χ0) is 25.9. The molecule has 0 aliphatic heterocycles. The van der Waals surface area contributed by atoms with Gasteiger partial charge in [0, 0.05) is 12.8 Å². The maximum atomic E-state index is 12.2. The van der Waals surface area contributed by atoms with Crippen molar-refractivity contribution >= 4 is 17.3 Å². The van der Waals surface area contributed by atoms with Crippen molar-refractivity contribution in [1.29, 1.82) is 0 Å². The van der Waals surface area contributed by atoms with Gasteiger partial charge < -0.3 is 25.5 Å². The second kappa shape index (κ2) is 20.0. The van der Waals surface area contributed by atoms with Crippen LogP contribution < -0.4 is 0 Å². The van der Waals surface area contributed by atoms with E-state index in [-0.39, 0.29) is 12.8 Å². The van der Waals surface area contributed by atoms with Crippen molar-refractivity contribution in [3.63, 3.8) is 0 Å². The summed E-state index contributed by atoms with van der Waals surface area (Å²) >= 11 is 0. The number of ketones is 3. The molecule has 0 aliphatic carbocycles. The molecule has 8 heteroatoms. The van der Waals surface area contributed by atoms with Crippen LogP contribution in [0.15, 0.2) is 0 Å². The molecule has 0 saturated heterocycles. The predicted molar refractivity (Wildman–Crippen MR) is 130 cm³/mol. The molecule has 0 radical (unpaired) electrons. The minimum absolute atomic E-state index is 0.00230. The molecule has 0 amide bonds. The molecule has 5 atom stereocenters. The van der Waals surface area contributed by atoms with Gasteiger partial charge in [-0.1, -0.05) is 90.9 Å². The zero-order valence-corrected chi connectivity index (χ0v) is 21.2. The van der Waals surface area contributed by atoms with E-state index < -0.39 is 47.9 Å². The summed E-state index contributed by atoms with van der Waals surface area (Å²) in [5.41, 5.74) is 0. The Balaban J connectivity index is 4.39. The third-order valence-electron chi connectivity index (χ3n) is 6.25. The molecule has 0 saturated carbocycles. The molecule has 0 aromatic carbocycles. The number of rotatable bonds is 23. The van der Waals surface area contributed by atoms with Crippen molar-refractivity contribution in [3.8, 4) is 0 Å². The van der Waals surface area contributed by atoms with Crippen LogP contribution in [-0.4, -0.2) is 73.4 Å². The summed E-state index contributed by atoms with van der Waals surface area (Å²) in [6, 6.07) is 0. The lowest BCUT2D eigenvalue weighted by Gasteiger charge is -2.26. The summed E-state index contributed by atoms with van der Waals surface area (Å²) in [6.45, 7) is 4.25. The van der Waals surface area contributed by atoms with Crippen LogP contribution >= 0.6 is 0 Å². The maximum Gasteiger partial charge on any atom is 0.199 e. The van der Waals surface area contributed by atoms with Crippen LogP contribution in [0.3, 0.4) is 0 Å². The first-order chi connectivity index (χ1) is 16.2. The number of unbranched alkanes of at least 4 members (excludes halogenated alkanes) is 12. The smallest absolute Gasteiger partial charge is 0.199 e. The second-order valence-electron chi connectivity index (χ2n) is 9.35. The first-order valence-electron chi connectivity index (χ1n) is 13.2. The van der Waals surface area contributed by atoms with Gasteiger partial charge in [-0.05, 0) is 12.8 Å². The lowest BCUT2D eigenvalue weighted by molar-refractivity contribution is -0.160. The minimum atomic E-state index is -2.30. The fourth-order valence-corrected chi connectivity index (χ4v) is 3.85. The molecular weight excluding hydrogens is 440 g/mol. The molecule has 34 heavy (non-hydrogen) atoms. The highest BCUT2D eigenvalue weighted by atomic mass is 16.4. The van der Waals surface area contributed by atoms with Gasteiger partial charge in [-0.25, -0.2) is 0 Å². The summed E-state index contributed by atoms with van der Waals surface area (Å²) in [7, 11) is 0. The van der Waals surface area contributed by atoms with Gasteiger partial charge in [-0.15, -0.1) is 0 Å². The molecular formula is C26H48O8. The third kappa shape index (κ3) is 13.6. The van der Waals surface area contributed by atoms with Gasteiger partial charge >= 0.3 is 0 Å². The molecule has 5 N–H and O–H groups in total. The number of carbonyl (C=O) groups excluding carboxylic acids is 3. The summed E-state index contributed by atoms with van der Waals surface area (Å²) in [4.78, 5) is 36.3. The Kier molecular flexibility index (Phi) is 19.3. The van der Waals surface area contributed by atoms with Gasteiger partial charge in [0.05, 0.1) is 0 Å². The average molecular weight is 489 g/mol. The molecule has 0 rings (SSSR count). The molecule has 0 aliphatic rings. The molecule has 0 aromatic heterocycles. The highest BCUT2D eigenvalue weighted by Crippen LogP contribution is 2.15. The first kappa shape index (κ1) is 32.8. The van der Waals surface area contributed by atoms with E-state index in [0.29, 0.717) is 12.8 Å². The summed E-state index contributed by atoms with van der Waals surface area (Å²) in [6.07, 6.45) is 2.79. The van der Waals surface area contributed by atoms with Crippen LogP contribution in [-0.2, 0) is 14.4 Å². The molecule has 2 unspecified atom stereocenters. The molecule has 0 heterocycles. The van der Waals surface area contributed by atoms with Crippen LogP contribution in [0.2, 0.25) is 0 Å². The quantitative estimate of drug-likeness (QED) is 0.109. The van der Waals surface area contributed by atoms with Gasteiger partial charge in [0.25, 0.3) is 0 Å². The van der Waals surface area contributed by atoms with Crippen LogP contribution in [0, 0.1) is 0 Å². The van der Waals surface area contributed by atoms with Crippen LogP contribution in [0.1, 0.15) is 117 Å². The van der Waals surface area contributed by atoms with E-state index in [0.717, 1.165) is 70.6 Å². The van der Waals surface area contributed by atoms with Crippen molar-refractivity contribution in [2.75, 3.05) is 0 Å². The Bertz CT molecular complexity index is 565. The monoisotopic (exact) mass is 488 g/mol. The Morgan fingerprint density at radius 3 is 1.29 bits per heavy atom. The maximum absolute atomic E-state index is 12.2. The highest BCUT2D eigenvalue weighted by molar-refractivity contribution is 6.07. The van der Waals surface area contributed by atoms with Crippen molar-refractivity contribution < 1.29 is 39.9 Å². The lowest BCUT2D eigenvalue weighted by atomic mass is 9.92. The topological polar surface area (TPSA) is 152 Å². The first-order valence-corrected chi connectivity index (χ1v) is 13.2. The predicted octanol–water partition coefficient (Wildman–Crippen LogP) is 2.78. The van der Waals surface area contributed by atoms with Gasteiger partial charge in [0.1, 0.15) is 24.4 Å². The number of Topliss-reactive ketones (excluding diaryl/α,β-unsaturated/α-hetero) is 3.